The molecular weight excluding hydrogens is 246 g/mol. The van der Waals surface area contributed by atoms with E-state index < -0.39 is 6.03 Å². The molecule has 0 aromatic heterocycles. The number of benzene rings is 1. The maximum Gasteiger partial charge on any atom is 0.319 e. The smallest absolute Gasteiger partial charge is 0.319 e. The Bertz CT molecular complexity index is 460. The van der Waals surface area contributed by atoms with Gasteiger partial charge < -0.3 is 20.7 Å². The lowest BCUT2D eigenvalue weighted by Crippen LogP contribution is -2.37. The average molecular weight is 265 g/mol. The molecule has 3 amide bonds. The van der Waals surface area contributed by atoms with Gasteiger partial charge in [-0.3, -0.25) is 4.79 Å². The highest BCUT2D eigenvalue weighted by Gasteiger charge is 2.06. The molecule has 0 spiro atoms. The second-order valence-electron chi connectivity index (χ2n) is 3.89. The van der Waals surface area contributed by atoms with Crippen molar-refractivity contribution in [2.24, 2.45) is 0 Å². The predicted octanol–water partition coefficient (Wildman–Crippen LogP) is 1.26. The van der Waals surface area contributed by atoms with E-state index in [4.69, 9.17) is 4.74 Å². The molecule has 19 heavy (non-hydrogen) atoms. The molecule has 0 aliphatic rings. The van der Waals surface area contributed by atoms with Gasteiger partial charge in [0.05, 0.1) is 13.2 Å². The zero-order valence-corrected chi connectivity index (χ0v) is 11.4. The van der Waals surface area contributed by atoms with Gasteiger partial charge >= 0.3 is 6.03 Å². The molecule has 0 unspecified atom stereocenters. The van der Waals surface area contributed by atoms with Gasteiger partial charge in [-0.15, -0.1) is 0 Å². The van der Waals surface area contributed by atoms with Crippen molar-refractivity contribution in [1.29, 1.82) is 0 Å². The largest absolute Gasteiger partial charge is 0.494 e. The summed E-state index contributed by atoms with van der Waals surface area (Å²) in [7, 11) is 1.51. The number of hydrogen-bond donors (Lipinski definition) is 3. The third-order valence-electron chi connectivity index (χ3n) is 2.42. The number of amides is 3. The van der Waals surface area contributed by atoms with Crippen LogP contribution in [-0.2, 0) is 4.79 Å². The normalized spacial score (nSPS) is 9.63. The van der Waals surface area contributed by atoms with Gasteiger partial charge in [-0.1, -0.05) is 0 Å². The summed E-state index contributed by atoms with van der Waals surface area (Å²) in [5, 5.41) is 7.51. The van der Waals surface area contributed by atoms with Crippen LogP contribution in [0.15, 0.2) is 18.2 Å². The van der Waals surface area contributed by atoms with Crippen molar-refractivity contribution in [3.8, 4) is 5.75 Å². The number of carbonyl (C=O) groups is 2. The molecule has 0 aliphatic heterocycles. The Morgan fingerprint density at radius 2 is 2.05 bits per heavy atom. The molecule has 0 bridgehead atoms. The van der Waals surface area contributed by atoms with E-state index in [9.17, 15) is 9.59 Å². The Morgan fingerprint density at radius 1 is 1.32 bits per heavy atom. The minimum Gasteiger partial charge on any atom is -0.494 e. The molecule has 0 atom stereocenters. The maximum atomic E-state index is 11.5. The Kier molecular flexibility index (Phi) is 5.66. The predicted molar refractivity (Wildman–Crippen MR) is 73.4 cm³/mol. The van der Waals surface area contributed by atoms with E-state index in [0.29, 0.717) is 12.3 Å². The van der Waals surface area contributed by atoms with Gasteiger partial charge in [0, 0.05) is 12.7 Å². The van der Waals surface area contributed by atoms with E-state index in [0.717, 1.165) is 11.3 Å². The van der Waals surface area contributed by atoms with Gasteiger partial charge in [-0.2, -0.15) is 0 Å². The quantitative estimate of drug-likeness (QED) is 0.750. The summed E-state index contributed by atoms with van der Waals surface area (Å²) in [6, 6.07) is 4.93. The Hall–Kier alpha value is -2.24. The monoisotopic (exact) mass is 265 g/mol. The topological polar surface area (TPSA) is 79.5 Å². The zero-order chi connectivity index (χ0) is 14.3. The SMILES string of the molecule is CCOc1ccc(NC(=O)NCC(=O)NC)cc1C. The highest BCUT2D eigenvalue weighted by molar-refractivity contribution is 5.92. The summed E-state index contributed by atoms with van der Waals surface area (Å²) in [5.41, 5.74) is 1.58. The van der Waals surface area contributed by atoms with Crippen molar-refractivity contribution in [1.82, 2.24) is 10.6 Å². The van der Waals surface area contributed by atoms with Crippen LogP contribution >= 0.6 is 0 Å². The molecule has 6 nitrogen and oxygen atoms in total. The van der Waals surface area contributed by atoms with E-state index in [1.54, 1.807) is 12.1 Å². The van der Waals surface area contributed by atoms with Gasteiger partial charge in [0.15, 0.2) is 0 Å². The summed E-state index contributed by atoms with van der Waals surface area (Å²) in [6.45, 7) is 4.36. The van der Waals surface area contributed by atoms with Crippen LogP contribution < -0.4 is 20.7 Å². The van der Waals surface area contributed by atoms with Gasteiger partial charge in [0.1, 0.15) is 5.75 Å². The van der Waals surface area contributed by atoms with Gasteiger partial charge in [0.25, 0.3) is 0 Å². The number of urea groups is 1. The fourth-order valence-corrected chi connectivity index (χ4v) is 1.47. The summed E-state index contributed by atoms with van der Waals surface area (Å²) in [6.07, 6.45) is 0. The molecule has 104 valence electrons. The lowest BCUT2D eigenvalue weighted by Gasteiger charge is -2.10. The van der Waals surface area contributed by atoms with Crippen LogP contribution in [-0.4, -0.2) is 32.1 Å². The first-order valence-electron chi connectivity index (χ1n) is 6.05. The number of aryl methyl sites for hydroxylation is 1. The number of carbonyl (C=O) groups excluding carboxylic acids is 2. The second kappa shape index (κ2) is 7.25. The summed E-state index contributed by atoms with van der Waals surface area (Å²) in [4.78, 5) is 22.5. The first kappa shape index (κ1) is 14.8. The highest BCUT2D eigenvalue weighted by Crippen LogP contribution is 2.21. The van der Waals surface area contributed by atoms with Gasteiger partial charge in [-0.25, -0.2) is 4.79 Å². The van der Waals surface area contributed by atoms with Crippen LogP contribution in [0.2, 0.25) is 0 Å². The van der Waals surface area contributed by atoms with Crippen molar-refractivity contribution in [2.75, 3.05) is 25.5 Å². The number of likely N-dealkylation sites (N-methyl/N-ethyl adjacent to an activating group) is 1. The molecule has 6 heteroatoms. The molecule has 0 saturated heterocycles. The minimum absolute atomic E-state index is 0.0572. The first-order valence-corrected chi connectivity index (χ1v) is 6.05. The zero-order valence-electron chi connectivity index (χ0n) is 11.4. The Morgan fingerprint density at radius 3 is 2.63 bits per heavy atom. The average Bonchev–Trinajstić information content (AvgIpc) is 2.39. The summed E-state index contributed by atoms with van der Waals surface area (Å²) in [5.74, 6) is 0.539. The lowest BCUT2D eigenvalue weighted by molar-refractivity contribution is -0.119. The van der Waals surface area contributed by atoms with Crippen molar-refractivity contribution in [3.05, 3.63) is 23.8 Å². The number of rotatable bonds is 5. The van der Waals surface area contributed by atoms with Crippen LogP contribution in [0.5, 0.6) is 5.75 Å². The molecule has 1 rings (SSSR count). The molecule has 0 aliphatic carbocycles. The maximum absolute atomic E-state index is 11.5. The highest BCUT2D eigenvalue weighted by atomic mass is 16.5. The van der Waals surface area contributed by atoms with Gasteiger partial charge in [-0.05, 0) is 37.6 Å². The fourth-order valence-electron chi connectivity index (χ4n) is 1.47. The van der Waals surface area contributed by atoms with Crippen molar-refractivity contribution in [2.45, 2.75) is 13.8 Å². The summed E-state index contributed by atoms with van der Waals surface area (Å²) < 4.78 is 5.41. The van der Waals surface area contributed by atoms with Crippen molar-refractivity contribution in [3.63, 3.8) is 0 Å². The van der Waals surface area contributed by atoms with Crippen LogP contribution in [0, 0.1) is 6.92 Å². The number of anilines is 1. The van der Waals surface area contributed by atoms with E-state index in [1.165, 1.54) is 7.05 Å². The standard InChI is InChI=1S/C13H19N3O3/c1-4-19-11-6-5-10(7-9(11)2)16-13(18)15-8-12(17)14-3/h5-7H,4,8H2,1-3H3,(H,14,17)(H2,15,16,18). The molecular formula is C13H19N3O3. The van der Waals surface area contributed by atoms with Crippen LogP contribution in [0.1, 0.15) is 12.5 Å². The molecule has 1 aromatic rings. The van der Waals surface area contributed by atoms with Crippen LogP contribution in [0.25, 0.3) is 0 Å². The van der Waals surface area contributed by atoms with E-state index in [-0.39, 0.29) is 12.5 Å². The molecule has 1 aromatic carbocycles. The van der Waals surface area contributed by atoms with E-state index in [1.807, 2.05) is 19.9 Å². The second-order valence-corrected chi connectivity index (χ2v) is 3.89. The first-order chi connectivity index (χ1) is 9.06. The number of nitrogens with one attached hydrogen (secondary N) is 3. The van der Waals surface area contributed by atoms with E-state index in [2.05, 4.69) is 16.0 Å². The minimum atomic E-state index is -0.424. The third kappa shape index (κ3) is 4.87. The number of ether oxygens (including phenoxy) is 1. The van der Waals surface area contributed by atoms with Gasteiger partial charge in [0.2, 0.25) is 5.91 Å². The van der Waals surface area contributed by atoms with Crippen LogP contribution in [0.3, 0.4) is 0 Å². The molecule has 0 radical (unpaired) electrons. The lowest BCUT2D eigenvalue weighted by atomic mass is 10.2. The van der Waals surface area contributed by atoms with Crippen molar-refractivity contribution >= 4 is 17.6 Å². The Labute approximate surface area is 112 Å². The Balaban J connectivity index is 2.55. The molecule has 0 saturated carbocycles. The van der Waals surface area contributed by atoms with Crippen molar-refractivity contribution < 1.29 is 14.3 Å². The molecule has 3 N–H and O–H groups in total. The molecule has 0 fully saturated rings. The van der Waals surface area contributed by atoms with Crippen LogP contribution in [0.4, 0.5) is 10.5 Å². The summed E-state index contributed by atoms with van der Waals surface area (Å²) >= 11 is 0. The van der Waals surface area contributed by atoms with E-state index >= 15 is 0 Å². The fraction of sp³-hybridized carbons (Fsp3) is 0.385. The molecule has 0 heterocycles. The third-order valence-corrected chi connectivity index (χ3v) is 2.42. The number of hydrogen-bond acceptors (Lipinski definition) is 3.